The molecule has 19 heavy (non-hydrogen) atoms. The molecule has 0 saturated carbocycles. The van der Waals surface area contributed by atoms with Gasteiger partial charge in [0.25, 0.3) is 0 Å². The maximum absolute atomic E-state index is 11.4. The van der Waals surface area contributed by atoms with Gasteiger partial charge in [-0.3, -0.25) is 4.68 Å². The van der Waals surface area contributed by atoms with Gasteiger partial charge in [-0.15, -0.1) is 5.10 Å². The maximum atomic E-state index is 11.4. The molecule has 3 heterocycles. The van der Waals surface area contributed by atoms with Crippen molar-refractivity contribution in [3.63, 3.8) is 0 Å². The zero-order valence-electron chi connectivity index (χ0n) is 10.4. The van der Waals surface area contributed by atoms with E-state index in [1.807, 2.05) is 19.4 Å². The van der Waals surface area contributed by atoms with Gasteiger partial charge in [0.2, 0.25) is 0 Å². The Hall–Kier alpha value is -2.64. The van der Waals surface area contributed by atoms with E-state index in [1.165, 1.54) is 4.52 Å². The van der Waals surface area contributed by atoms with Gasteiger partial charge in [-0.25, -0.2) is 9.89 Å². The highest BCUT2D eigenvalue weighted by atomic mass is 16.2. The molecule has 8 heteroatoms. The monoisotopic (exact) mass is 259 g/mol. The number of hydrogen-bond donors (Lipinski definition) is 2. The van der Waals surface area contributed by atoms with Crippen molar-refractivity contribution in [1.82, 2.24) is 29.6 Å². The molecule has 0 bridgehead atoms. The molecule has 0 unspecified atom stereocenters. The number of nitrogens with one attached hydrogen (secondary N) is 2. The van der Waals surface area contributed by atoms with Crippen LogP contribution in [0.3, 0.4) is 0 Å². The first-order valence-corrected chi connectivity index (χ1v) is 5.88. The lowest BCUT2D eigenvalue weighted by molar-refractivity contribution is 0.766. The van der Waals surface area contributed by atoms with Crippen LogP contribution in [0.25, 0.3) is 5.65 Å². The Kier molecular flexibility index (Phi) is 2.75. The molecule has 0 aliphatic heterocycles. The Bertz CT molecular complexity index is 754. The molecule has 0 radical (unpaired) electrons. The molecule has 98 valence electrons. The molecule has 3 aromatic heterocycles. The second-order valence-electron chi connectivity index (χ2n) is 4.22. The van der Waals surface area contributed by atoms with Crippen molar-refractivity contribution >= 4 is 11.5 Å². The summed E-state index contributed by atoms with van der Waals surface area (Å²) < 4.78 is 3.00. The van der Waals surface area contributed by atoms with E-state index in [4.69, 9.17) is 0 Å². The van der Waals surface area contributed by atoms with E-state index in [0.29, 0.717) is 11.5 Å². The summed E-state index contributed by atoms with van der Waals surface area (Å²) in [6, 6.07) is 3.52. The molecular weight excluding hydrogens is 246 g/mol. The molecule has 0 atom stereocenters. The number of anilines is 1. The molecular formula is C11H13N7O. The van der Waals surface area contributed by atoms with Crippen molar-refractivity contribution < 1.29 is 0 Å². The van der Waals surface area contributed by atoms with Crippen LogP contribution in [0.15, 0.2) is 29.3 Å². The fourth-order valence-corrected chi connectivity index (χ4v) is 1.83. The van der Waals surface area contributed by atoms with Crippen molar-refractivity contribution in [3.05, 3.63) is 40.6 Å². The lowest BCUT2D eigenvalue weighted by Crippen LogP contribution is -2.14. The van der Waals surface area contributed by atoms with Crippen LogP contribution in [-0.2, 0) is 13.5 Å². The van der Waals surface area contributed by atoms with E-state index in [-0.39, 0.29) is 5.69 Å². The van der Waals surface area contributed by atoms with E-state index < -0.39 is 0 Å². The normalized spacial score (nSPS) is 11.0. The van der Waals surface area contributed by atoms with Crippen molar-refractivity contribution in [2.75, 3.05) is 11.9 Å². The van der Waals surface area contributed by atoms with Crippen LogP contribution in [0.1, 0.15) is 5.56 Å². The van der Waals surface area contributed by atoms with Crippen molar-refractivity contribution in [2.24, 2.45) is 7.05 Å². The van der Waals surface area contributed by atoms with Gasteiger partial charge in [0, 0.05) is 19.8 Å². The minimum absolute atomic E-state index is 0.342. The van der Waals surface area contributed by atoms with Crippen LogP contribution in [0.4, 0.5) is 5.82 Å². The molecule has 0 aliphatic carbocycles. The summed E-state index contributed by atoms with van der Waals surface area (Å²) in [6.07, 6.45) is 4.64. The number of nitrogens with zero attached hydrogens (tertiary/aromatic N) is 5. The summed E-state index contributed by atoms with van der Waals surface area (Å²) in [5.74, 6) is 0.639. The molecule has 0 saturated heterocycles. The molecule has 0 amide bonds. The Morgan fingerprint density at radius 1 is 1.42 bits per heavy atom. The number of rotatable bonds is 4. The van der Waals surface area contributed by atoms with Gasteiger partial charge < -0.3 is 5.32 Å². The first-order valence-electron chi connectivity index (χ1n) is 5.88. The fourth-order valence-electron chi connectivity index (χ4n) is 1.83. The van der Waals surface area contributed by atoms with E-state index in [1.54, 1.807) is 16.8 Å². The summed E-state index contributed by atoms with van der Waals surface area (Å²) in [6.45, 7) is 0.719. The number of aryl methyl sites for hydroxylation is 1. The molecule has 3 rings (SSSR count). The third-order valence-corrected chi connectivity index (χ3v) is 2.75. The van der Waals surface area contributed by atoms with Gasteiger partial charge in [-0.05, 0) is 24.1 Å². The number of hydrogen-bond acceptors (Lipinski definition) is 5. The lowest BCUT2D eigenvalue weighted by atomic mass is 10.2. The highest BCUT2D eigenvalue weighted by molar-refractivity contribution is 5.42. The van der Waals surface area contributed by atoms with Crippen LogP contribution in [0.5, 0.6) is 0 Å². The van der Waals surface area contributed by atoms with E-state index >= 15 is 0 Å². The average molecular weight is 259 g/mol. The summed E-state index contributed by atoms with van der Waals surface area (Å²) in [7, 11) is 1.89. The predicted molar refractivity (Wildman–Crippen MR) is 69.0 cm³/mol. The van der Waals surface area contributed by atoms with Crippen molar-refractivity contribution in [1.29, 1.82) is 0 Å². The average Bonchev–Trinajstić information content (AvgIpc) is 2.97. The first kappa shape index (κ1) is 11.5. The highest BCUT2D eigenvalue weighted by Gasteiger charge is 2.02. The smallest absolute Gasteiger partial charge is 0.364 e. The van der Waals surface area contributed by atoms with E-state index in [2.05, 4.69) is 25.7 Å². The quantitative estimate of drug-likeness (QED) is 0.677. The summed E-state index contributed by atoms with van der Waals surface area (Å²) in [5, 5.41) is 17.6. The molecule has 0 aliphatic rings. The Morgan fingerprint density at radius 3 is 3.11 bits per heavy atom. The Balaban J connectivity index is 1.68. The Morgan fingerprint density at radius 2 is 2.32 bits per heavy atom. The minimum atomic E-state index is -0.342. The van der Waals surface area contributed by atoms with Crippen molar-refractivity contribution in [3.8, 4) is 0 Å². The highest BCUT2D eigenvalue weighted by Crippen LogP contribution is 2.04. The van der Waals surface area contributed by atoms with E-state index in [0.717, 1.165) is 18.5 Å². The van der Waals surface area contributed by atoms with Gasteiger partial charge in [-0.2, -0.15) is 14.7 Å². The molecule has 2 N–H and O–H groups in total. The maximum Gasteiger partial charge on any atom is 0.364 e. The van der Waals surface area contributed by atoms with Gasteiger partial charge >= 0.3 is 5.69 Å². The Labute approximate surface area is 108 Å². The third-order valence-electron chi connectivity index (χ3n) is 2.75. The molecule has 0 fully saturated rings. The van der Waals surface area contributed by atoms with Crippen LogP contribution in [-0.4, -0.2) is 36.1 Å². The lowest BCUT2D eigenvalue weighted by Gasteiger charge is -2.03. The van der Waals surface area contributed by atoms with Crippen LogP contribution < -0.4 is 11.0 Å². The molecule has 3 aromatic rings. The fraction of sp³-hybridized carbons (Fsp3) is 0.273. The first-order chi connectivity index (χ1) is 9.22. The summed E-state index contributed by atoms with van der Waals surface area (Å²) >= 11 is 0. The van der Waals surface area contributed by atoms with Crippen LogP contribution in [0.2, 0.25) is 0 Å². The van der Waals surface area contributed by atoms with Crippen molar-refractivity contribution in [2.45, 2.75) is 6.42 Å². The molecule has 0 spiro atoms. The molecule has 0 aromatic carbocycles. The number of fused-ring (bicyclic) bond motifs is 1. The topological polar surface area (TPSA) is 92.9 Å². The zero-order valence-corrected chi connectivity index (χ0v) is 10.4. The second-order valence-corrected chi connectivity index (χ2v) is 4.22. The second kappa shape index (κ2) is 4.56. The standard InChI is InChI=1S/C11H13N7O/c1-17-7-8(6-13-17)4-5-12-9-2-3-10-14-15-11(19)18(10)16-9/h2-3,6-7H,4-5H2,1H3,(H,12,16)(H,15,19). The number of aromatic amines is 1. The predicted octanol–water partition coefficient (Wildman–Crippen LogP) is -0.194. The minimum Gasteiger partial charge on any atom is -0.368 e. The largest absolute Gasteiger partial charge is 0.368 e. The summed E-state index contributed by atoms with van der Waals surface area (Å²) in [5.41, 5.74) is 1.31. The number of aromatic nitrogens is 6. The zero-order chi connectivity index (χ0) is 13.2. The van der Waals surface area contributed by atoms with Gasteiger partial charge in [-0.1, -0.05) is 0 Å². The number of H-pyrrole nitrogens is 1. The van der Waals surface area contributed by atoms with Gasteiger partial charge in [0.1, 0.15) is 5.82 Å². The van der Waals surface area contributed by atoms with Gasteiger partial charge in [0.05, 0.1) is 6.20 Å². The third kappa shape index (κ3) is 2.32. The summed E-state index contributed by atoms with van der Waals surface area (Å²) in [4.78, 5) is 11.4. The van der Waals surface area contributed by atoms with E-state index in [9.17, 15) is 4.79 Å². The molecule has 8 nitrogen and oxygen atoms in total. The van der Waals surface area contributed by atoms with Gasteiger partial charge in [0.15, 0.2) is 5.65 Å². The SMILES string of the molecule is Cn1cc(CCNc2ccc3n[nH]c(=O)n3n2)cn1. The van der Waals surface area contributed by atoms with Crippen LogP contribution >= 0.6 is 0 Å². The van der Waals surface area contributed by atoms with Crippen LogP contribution in [0, 0.1) is 0 Å².